The van der Waals surface area contributed by atoms with Gasteiger partial charge in [0.15, 0.2) is 5.96 Å². The molecule has 1 aliphatic rings. The molecule has 0 radical (unpaired) electrons. The van der Waals surface area contributed by atoms with Crippen LogP contribution in [0, 0.1) is 0 Å². The van der Waals surface area contributed by atoms with Gasteiger partial charge in [0.1, 0.15) is 5.75 Å². The Bertz CT molecular complexity index is 530. The van der Waals surface area contributed by atoms with Gasteiger partial charge in [-0.15, -0.1) is 30.6 Å². The Kier molecular flexibility index (Phi) is 10.8. The van der Waals surface area contributed by atoms with Gasteiger partial charge in [-0.2, -0.15) is 11.8 Å². The van der Waals surface area contributed by atoms with E-state index >= 15 is 0 Å². The van der Waals surface area contributed by atoms with Gasteiger partial charge < -0.3 is 19.9 Å². The average molecular weight is 476 g/mol. The molecule has 1 aromatic rings. The lowest BCUT2D eigenvalue weighted by molar-refractivity contribution is 0.373. The summed E-state index contributed by atoms with van der Waals surface area (Å²) in [5, 5.41) is 3.45. The molecule has 25 heavy (non-hydrogen) atoms. The predicted molar refractivity (Wildman–Crippen MR) is 121 cm³/mol. The molecular weight excluding hydrogens is 447 g/mol. The first-order valence-electron chi connectivity index (χ1n) is 8.31. The number of guanidine groups is 1. The van der Waals surface area contributed by atoms with E-state index in [4.69, 9.17) is 4.74 Å². The number of hydrogen-bond donors (Lipinski definition) is 1. The van der Waals surface area contributed by atoms with E-state index < -0.39 is 0 Å². The summed E-state index contributed by atoms with van der Waals surface area (Å²) in [5.74, 6) is 3.97. The van der Waals surface area contributed by atoms with Gasteiger partial charge in [-0.25, -0.2) is 0 Å². The number of hydrogen-bond acceptors (Lipinski definition) is 4. The van der Waals surface area contributed by atoms with Crippen LogP contribution in [0.2, 0.25) is 0 Å². The molecule has 0 atom stereocenters. The van der Waals surface area contributed by atoms with Crippen LogP contribution in [-0.2, 0) is 0 Å². The first kappa shape index (κ1) is 22.0. The van der Waals surface area contributed by atoms with Crippen molar-refractivity contribution in [3.05, 3.63) is 36.9 Å². The van der Waals surface area contributed by atoms with Gasteiger partial charge >= 0.3 is 0 Å². The highest BCUT2D eigenvalue weighted by Crippen LogP contribution is 2.20. The van der Waals surface area contributed by atoms with Gasteiger partial charge in [0.05, 0.1) is 7.11 Å². The molecule has 0 amide bonds. The average Bonchev–Trinajstić information content (AvgIpc) is 2.65. The number of nitrogens with one attached hydrogen (secondary N) is 1. The van der Waals surface area contributed by atoms with Crippen molar-refractivity contribution in [1.29, 1.82) is 0 Å². The van der Waals surface area contributed by atoms with Crippen molar-refractivity contribution in [2.75, 3.05) is 63.3 Å². The Labute approximate surface area is 172 Å². The molecule has 1 aliphatic heterocycles. The molecule has 1 aromatic carbocycles. The van der Waals surface area contributed by atoms with Crippen LogP contribution in [0.25, 0.3) is 0 Å². The second kappa shape index (κ2) is 12.3. The molecule has 0 spiro atoms. The topological polar surface area (TPSA) is 40.1 Å². The third-order valence-electron chi connectivity index (χ3n) is 3.99. The molecule has 0 aromatic heterocycles. The van der Waals surface area contributed by atoms with E-state index in [1.807, 2.05) is 37.0 Å². The van der Waals surface area contributed by atoms with Gasteiger partial charge in [-0.1, -0.05) is 6.08 Å². The van der Waals surface area contributed by atoms with Crippen molar-refractivity contribution < 1.29 is 4.74 Å². The minimum Gasteiger partial charge on any atom is -0.497 e. The molecule has 0 bridgehead atoms. The maximum Gasteiger partial charge on any atom is 0.193 e. The first-order chi connectivity index (χ1) is 11.8. The van der Waals surface area contributed by atoms with Crippen molar-refractivity contribution in [2.45, 2.75) is 0 Å². The maximum atomic E-state index is 5.22. The third kappa shape index (κ3) is 6.97. The van der Waals surface area contributed by atoms with Crippen LogP contribution in [0.1, 0.15) is 0 Å². The number of anilines is 1. The SMILES string of the molecule is C=CCSCCNC(=NC)N1CCN(c2ccc(OC)cc2)CC1.I. The monoisotopic (exact) mass is 476 g/mol. The van der Waals surface area contributed by atoms with E-state index in [-0.39, 0.29) is 24.0 Å². The number of ether oxygens (including phenoxy) is 1. The number of aliphatic imine (C=N–C) groups is 1. The fraction of sp³-hybridized carbons (Fsp3) is 0.500. The zero-order chi connectivity index (χ0) is 17.2. The zero-order valence-electron chi connectivity index (χ0n) is 15.1. The number of halogens is 1. The van der Waals surface area contributed by atoms with Gasteiger partial charge in [0.2, 0.25) is 0 Å². The Morgan fingerprint density at radius 2 is 1.96 bits per heavy atom. The lowest BCUT2D eigenvalue weighted by atomic mass is 10.2. The first-order valence-corrected chi connectivity index (χ1v) is 9.47. The van der Waals surface area contributed by atoms with Gasteiger partial charge in [-0.05, 0) is 24.3 Å². The Morgan fingerprint density at radius 1 is 1.28 bits per heavy atom. The van der Waals surface area contributed by atoms with E-state index in [9.17, 15) is 0 Å². The van der Waals surface area contributed by atoms with Crippen LogP contribution >= 0.6 is 35.7 Å². The van der Waals surface area contributed by atoms with Crippen molar-refractivity contribution in [3.8, 4) is 5.75 Å². The summed E-state index contributed by atoms with van der Waals surface area (Å²) in [6.07, 6.45) is 1.94. The Morgan fingerprint density at radius 3 is 2.52 bits per heavy atom. The molecule has 5 nitrogen and oxygen atoms in total. The van der Waals surface area contributed by atoms with Crippen LogP contribution in [0.15, 0.2) is 41.9 Å². The summed E-state index contributed by atoms with van der Waals surface area (Å²) in [7, 11) is 3.55. The lowest BCUT2D eigenvalue weighted by Gasteiger charge is -2.37. The number of methoxy groups -OCH3 is 1. The number of rotatable bonds is 7. The molecular formula is C18H29IN4OS. The smallest absolute Gasteiger partial charge is 0.193 e. The predicted octanol–water partition coefficient (Wildman–Crippen LogP) is 2.93. The number of piperazine rings is 1. The second-order valence-corrected chi connectivity index (χ2v) is 6.66. The van der Waals surface area contributed by atoms with Crippen molar-refractivity contribution in [3.63, 3.8) is 0 Å². The second-order valence-electron chi connectivity index (χ2n) is 5.51. The summed E-state index contributed by atoms with van der Waals surface area (Å²) < 4.78 is 5.22. The van der Waals surface area contributed by atoms with Crippen LogP contribution in [-0.4, -0.2) is 69.2 Å². The molecule has 1 N–H and O–H groups in total. The minimum atomic E-state index is 0. The normalized spacial score (nSPS) is 14.7. The molecule has 1 fully saturated rings. The van der Waals surface area contributed by atoms with Gasteiger partial charge in [-0.3, -0.25) is 4.99 Å². The summed E-state index contributed by atoms with van der Waals surface area (Å²) in [6.45, 7) is 8.63. The Balaban J connectivity index is 0.00000312. The van der Waals surface area contributed by atoms with Crippen molar-refractivity contribution in [2.24, 2.45) is 4.99 Å². The molecule has 1 saturated heterocycles. The van der Waals surface area contributed by atoms with Crippen molar-refractivity contribution in [1.82, 2.24) is 10.2 Å². The molecule has 0 aliphatic carbocycles. The molecule has 0 unspecified atom stereocenters. The maximum absolute atomic E-state index is 5.22. The number of thioether (sulfide) groups is 1. The van der Waals surface area contributed by atoms with Crippen LogP contribution in [0.5, 0.6) is 5.75 Å². The van der Waals surface area contributed by atoms with E-state index in [2.05, 4.69) is 38.8 Å². The highest BCUT2D eigenvalue weighted by Gasteiger charge is 2.19. The van der Waals surface area contributed by atoms with Crippen LogP contribution in [0.3, 0.4) is 0 Å². The molecule has 0 saturated carbocycles. The van der Waals surface area contributed by atoms with E-state index in [0.29, 0.717) is 0 Å². The fourth-order valence-electron chi connectivity index (χ4n) is 2.70. The third-order valence-corrected chi connectivity index (χ3v) is 4.96. The van der Waals surface area contributed by atoms with Gasteiger partial charge in [0.25, 0.3) is 0 Å². The molecule has 2 rings (SSSR count). The summed E-state index contributed by atoms with van der Waals surface area (Å²) in [5.41, 5.74) is 1.25. The number of nitrogens with zero attached hydrogens (tertiary/aromatic N) is 3. The van der Waals surface area contributed by atoms with E-state index in [1.54, 1.807) is 7.11 Å². The summed E-state index contributed by atoms with van der Waals surface area (Å²) >= 11 is 1.88. The highest BCUT2D eigenvalue weighted by molar-refractivity contribution is 14.0. The standard InChI is InChI=1S/C18H28N4OS.HI/c1-4-14-24-15-9-20-18(19-2)22-12-10-21(11-13-22)16-5-7-17(23-3)8-6-16;/h4-8H,1,9-15H2,2-3H3,(H,19,20);1H. The zero-order valence-corrected chi connectivity index (χ0v) is 18.3. The van der Waals surface area contributed by atoms with E-state index in [1.165, 1.54) is 5.69 Å². The Hall–Kier alpha value is -1.09. The fourth-order valence-corrected chi connectivity index (χ4v) is 3.28. The van der Waals surface area contributed by atoms with Gasteiger partial charge in [0, 0.05) is 57.0 Å². The quantitative estimate of drug-likeness (QED) is 0.216. The van der Waals surface area contributed by atoms with Crippen LogP contribution in [0.4, 0.5) is 5.69 Å². The van der Waals surface area contributed by atoms with Crippen LogP contribution < -0.4 is 15.0 Å². The molecule has 140 valence electrons. The highest BCUT2D eigenvalue weighted by atomic mass is 127. The van der Waals surface area contributed by atoms with E-state index in [0.717, 1.165) is 55.9 Å². The van der Waals surface area contributed by atoms with Crippen molar-refractivity contribution >= 4 is 47.4 Å². The molecule has 7 heteroatoms. The molecule has 1 heterocycles. The number of benzene rings is 1. The summed E-state index contributed by atoms with van der Waals surface area (Å²) in [4.78, 5) is 9.15. The minimum absolute atomic E-state index is 0. The summed E-state index contributed by atoms with van der Waals surface area (Å²) in [6, 6.07) is 8.28. The largest absolute Gasteiger partial charge is 0.497 e. The lowest BCUT2D eigenvalue weighted by Crippen LogP contribution is -2.52.